The standard InChI is InChI=1S/C18H10F3N3O4/c19-18(20,21)11-2-1-9(7-22)12(6-11)13-5-10(8-23)17(28)16(24-13)14(25)3-4-15(26)27/h1-2,5-6,28H,3-4H2,(H,26,27). The molecule has 0 atom stereocenters. The molecule has 0 saturated heterocycles. The number of benzene rings is 1. The molecule has 0 unspecified atom stereocenters. The van der Waals surface area contributed by atoms with Crippen molar-refractivity contribution in [1.82, 2.24) is 4.98 Å². The molecule has 0 amide bonds. The number of carbonyl (C=O) groups is 2. The van der Waals surface area contributed by atoms with E-state index in [1.165, 1.54) is 0 Å². The number of aromatic hydroxyl groups is 1. The Balaban J connectivity index is 2.69. The fraction of sp³-hybridized carbons (Fsp3) is 0.167. The van der Waals surface area contributed by atoms with Gasteiger partial charge in [-0.3, -0.25) is 9.59 Å². The maximum Gasteiger partial charge on any atom is 0.416 e. The first-order valence-electron chi connectivity index (χ1n) is 7.59. The van der Waals surface area contributed by atoms with Gasteiger partial charge in [0.15, 0.2) is 11.5 Å². The third-order valence-corrected chi connectivity index (χ3v) is 3.69. The molecular weight excluding hydrogens is 379 g/mol. The summed E-state index contributed by atoms with van der Waals surface area (Å²) in [6.07, 6.45) is -5.82. The molecule has 2 aromatic rings. The second-order valence-electron chi connectivity index (χ2n) is 5.55. The van der Waals surface area contributed by atoms with Crippen molar-refractivity contribution in [2.24, 2.45) is 0 Å². The summed E-state index contributed by atoms with van der Waals surface area (Å²) in [5.41, 5.74) is -2.98. The lowest BCUT2D eigenvalue weighted by molar-refractivity contribution is -0.138. The van der Waals surface area contributed by atoms with Crippen LogP contribution in [0.5, 0.6) is 5.75 Å². The van der Waals surface area contributed by atoms with Crippen LogP contribution in [0.3, 0.4) is 0 Å². The van der Waals surface area contributed by atoms with Gasteiger partial charge in [-0.1, -0.05) is 0 Å². The van der Waals surface area contributed by atoms with Crippen molar-refractivity contribution in [2.75, 3.05) is 0 Å². The first kappa shape index (κ1) is 20.4. The summed E-state index contributed by atoms with van der Waals surface area (Å²) >= 11 is 0. The number of nitriles is 2. The number of rotatable bonds is 5. The maximum absolute atomic E-state index is 13.0. The number of hydrogen-bond donors (Lipinski definition) is 2. The van der Waals surface area contributed by atoms with Gasteiger partial charge in [0.1, 0.15) is 11.8 Å². The number of alkyl halides is 3. The number of aliphatic carboxylic acids is 1. The average molecular weight is 389 g/mol. The molecule has 1 heterocycles. The van der Waals surface area contributed by atoms with Gasteiger partial charge in [0.2, 0.25) is 0 Å². The molecule has 0 aliphatic rings. The van der Waals surface area contributed by atoms with Crippen molar-refractivity contribution < 1.29 is 33.0 Å². The summed E-state index contributed by atoms with van der Waals surface area (Å²) in [4.78, 5) is 26.6. The molecule has 2 N–H and O–H groups in total. The molecule has 1 aromatic heterocycles. The number of carboxylic acid groups (broad SMARTS) is 1. The summed E-state index contributed by atoms with van der Waals surface area (Å²) in [5.74, 6) is -3.01. The van der Waals surface area contributed by atoms with E-state index in [9.17, 15) is 33.1 Å². The lowest BCUT2D eigenvalue weighted by Crippen LogP contribution is -2.09. The van der Waals surface area contributed by atoms with Gasteiger partial charge < -0.3 is 10.2 Å². The number of nitrogens with zero attached hydrogens (tertiary/aromatic N) is 3. The van der Waals surface area contributed by atoms with E-state index in [1.54, 1.807) is 12.1 Å². The smallest absolute Gasteiger partial charge is 0.416 e. The molecule has 0 aliphatic heterocycles. The number of carboxylic acids is 1. The zero-order valence-corrected chi connectivity index (χ0v) is 13.9. The molecule has 10 heteroatoms. The molecule has 142 valence electrons. The van der Waals surface area contributed by atoms with Crippen LogP contribution >= 0.6 is 0 Å². The normalized spacial score (nSPS) is 10.8. The molecule has 0 fully saturated rings. The van der Waals surface area contributed by atoms with Gasteiger partial charge >= 0.3 is 12.1 Å². The first-order chi connectivity index (χ1) is 13.1. The van der Waals surface area contributed by atoms with Gasteiger partial charge in [0.05, 0.1) is 34.9 Å². The molecular formula is C18H10F3N3O4. The van der Waals surface area contributed by atoms with Crippen molar-refractivity contribution in [3.05, 3.63) is 46.6 Å². The number of pyridine rings is 1. The monoisotopic (exact) mass is 389 g/mol. The first-order valence-corrected chi connectivity index (χ1v) is 7.59. The van der Waals surface area contributed by atoms with E-state index in [4.69, 9.17) is 10.4 Å². The van der Waals surface area contributed by atoms with Crippen molar-refractivity contribution in [1.29, 1.82) is 10.5 Å². The third-order valence-electron chi connectivity index (χ3n) is 3.69. The van der Waals surface area contributed by atoms with Crippen LogP contribution < -0.4 is 0 Å². The van der Waals surface area contributed by atoms with Crippen LogP contribution in [-0.4, -0.2) is 26.9 Å². The van der Waals surface area contributed by atoms with Gasteiger partial charge in [-0.05, 0) is 24.3 Å². The summed E-state index contributed by atoms with van der Waals surface area (Å²) in [6.45, 7) is 0. The minimum absolute atomic E-state index is 0.195. The van der Waals surface area contributed by atoms with Crippen LogP contribution in [0.25, 0.3) is 11.3 Å². The fourth-order valence-corrected chi connectivity index (χ4v) is 2.32. The zero-order valence-electron chi connectivity index (χ0n) is 13.9. The molecule has 0 radical (unpaired) electrons. The summed E-state index contributed by atoms with van der Waals surface area (Å²) in [5, 5.41) is 37.0. The molecule has 2 rings (SSSR count). The Morgan fingerprint density at radius 1 is 1.07 bits per heavy atom. The minimum atomic E-state index is -4.71. The van der Waals surface area contributed by atoms with E-state index in [2.05, 4.69) is 4.98 Å². The van der Waals surface area contributed by atoms with Gasteiger partial charge in [0.25, 0.3) is 0 Å². The Morgan fingerprint density at radius 2 is 1.71 bits per heavy atom. The van der Waals surface area contributed by atoms with Crippen LogP contribution in [0.2, 0.25) is 0 Å². The Hall–Kier alpha value is -3.92. The fourth-order valence-electron chi connectivity index (χ4n) is 2.32. The number of Topliss-reactive ketones (excluding diaryl/α,β-unsaturated/α-hetero) is 1. The number of carbonyl (C=O) groups excluding carboxylic acids is 1. The van der Waals surface area contributed by atoms with E-state index in [0.29, 0.717) is 12.1 Å². The van der Waals surface area contributed by atoms with E-state index >= 15 is 0 Å². The molecule has 1 aromatic carbocycles. The van der Waals surface area contributed by atoms with Crippen molar-refractivity contribution in [3.63, 3.8) is 0 Å². The minimum Gasteiger partial charge on any atom is -0.504 e. The van der Waals surface area contributed by atoms with Crippen LogP contribution in [0.15, 0.2) is 24.3 Å². The summed E-state index contributed by atoms with van der Waals surface area (Å²) in [7, 11) is 0. The molecule has 0 aliphatic carbocycles. The van der Waals surface area contributed by atoms with Gasteiger partial charge in [-0.15, -0.1) is 0 Å². The number of ketones is 1. The second kappa shape index (κ2) is 7.76. The molecule has 0 bridgehead atoms. The summed E-state index contributed by atoms with van der Waals surface area (Å²) in [6, 6.07) is 6.49. The van der Waals surface area contributed by atoms with Crippen molar-refractivity contribution >= 4 is 11.8 Å². The Bertz CT molecular complexity index is 1050. The van der Waals surface area contributed by atoms with E-state index in [-0.39, 0.29) is 16.8 Å². The number of aromatic nitrogens is 1. The van der Waals surface area contributed by atoms with Crippen molar-refractivity contribution in [3.8, 4) is 29.1 Å². The highest BCUT2D eigenvalue weighted by Gasteiger charge is 2.31. The van der Waals surface area contributed by atoms with Crippen LogP contribution in [0, 0.1) is 22.7 Å². The van der Waals surface area contributed by atoms with Gasteiger partial charge in [-0.2, -0.15) is 23.7 Å². The van der Waals surface area contributed by atoms with Gasteiger partial charge in [0, 0.05) is 12.0 Å². The Morgan fingerprint density at radius 3 is 2.25 bits per heavy atom. The quantitative estimate of drug-likeness (QED) is 0.749. The lowest BCUT2D eigenvalue weighted by Gasteiger charge is -2.12. The third kappa shape index (κ3) is 4.24. The largest absolute Gasteiger partial charge is 0.504 e. The SMILES string of the molecule is N#Cc1ccc(C(F)(F)F)cc1-c1cc(C#N)c(O)c(C(=O)CCC(=O)O)n1. The maximum atomic E-state index is 13.0. The molecule has 0 saturated carbocycles. The number of hydrogen-bond acceptors (Lipinski definition) is 6. The van der Waals surface area contributed by atoms with Crippen LogP contribution in [0.1, 0.15) is 40.0 Å². The predicted molar refractivity (Wildman–Crippen MR) is 87.0 cm³/mol. The lowest BCUT2D eigenvalue weighted by atomic mass is 9.98. The Labute approximate surface area is 155 Å². The number of halogens is 3. The van der Waals surface area contributed by atoms with Crippen molar-refractivity contribution in [2.45, 2.75) is 19.0 Å². The second-order valence-corrected chi connectivity index (χ2v) is 5.55. The molecule has 0 spiro atoms. The predicted octanol–water partition coefficient (Wildman–Crippen LogP) is 3.26. The van der Waals surface area contributed by atoms with Gasteiger partial charge in [-0.25, -0.2) is 4.98 Å². The average Bonchev–Trinajstić information content (AvgIpc) is 2.65. The highest BCUT2D eigenvalue weighted by Crippen LogP contribution is 2.35. The topological polar surface area (TPSA) is 135 Å². The zero-order chi connectivity index (χ0) is 21.1. The summed E-state index contributed by atoms with van der Waals surface area (Å²) < 4.78 is 39.0. The highest BCUT2D eigenvalue weighted by molar-refractivity contribution is 5.99. The van der Waals surface area contributed by atoms with E-state index in [0.717, 1.165) is 12.1 Å². The highest BCUT2D eigenvalue weighted by atomic mass is 19.4. The molecule has 28 heavy (non-hydrogen) atoms. The Kier molecular flexibility index (Phi) is 5.65. The van der Waals surface area contributed by atoms with Crippen LogP contribution in [0.4, 0.5) is 13.2 Å². The van der Waals surface area contributed by atoms with E-state index in [1.807, 2.05) is 0 Å². The van der Waals surface area contributed by atoms with E-state index < -0.39 is 53.3 Å². The molecule has 7 nitrogen and oxygen atoms in total. The van der Waals surface area contributed by atoms with Crippen LogP contribution in [-0.2, 0) is 11.0 Å².